The van der Waals surface area contributed by atoms with Crippen LogP contribution in [-0.2, 0) is 12.9 Å². The van der Waals surface area contributed by atoms with Gasteiger partial charge in [0, 0.05) is 12.7 Å². The first-order valence-corrected chi connectivity index (χ1v) is 6.09. The molecule has 0 fully saturated rings. The molecule has 89 valence electrons. The van der Waals surface area contributed by atoms with Gasteiger partial charge in [-0.1, -0.05) is 31.3 Å². The van der Waals surface area contributed by atoms with E-state index in [1.54, 1.807) is 0 Å². The van der Waals surface area contributed by atoms with Crippen molar-refractivity contribution in [3.05, 3.63) is 11.9 Å². The van der Waals surface area contributed by atoms with Crippen LogP contribution >= 0.6 is 0 Å². The number of alkyl halides is 1. The Hall–Kier alpha value is -0.865. The number of aromatic nitrogens is 3. The second-order valence-electron chi connectivity index (χ2n) is 4.04. The lowest BCUT2D eigenvalue weighted by atomic mass is 9.77. The predicted molar refractivity (Wildman–Crippen MR) is 64.4 cm³/mol. The van der Waals surface area contributed by atoms with Gasteiger partial charge in [-0.25, -0.2) is 0 Å². The molecule has 0 saturated carbocycles. The van der Waals surface area contributed by atoms with Crippen molar-refractivity contribution >= 4 is 7.28 Å². The van der Waals surface area contributed by atoms with Gasteiger partial charge in [0.15, 0.2) is 0 Å². The molecule has 0 aliphatic rings. The minimum Gasteiger partial charge on any atom is -0.252 e. The molecule has 0 aliphatic heterocycles. The normalized spacial score (nSPS) is 10.6. The molecule has 1 rings (SSSR count). The molecule has 1 heterocycles. The van der Waals surface area contributed by atoms with Gasteiger partial charge in [-0.15, -0.1) is 5.10 Å². The molecule has 3 nitrogen and oxygen atoms in total. The monoisotopic (exact) mass is 224 g/mol. The maximum absolute atomic E-state index is 11.8. The zero-order valence-electron chi connectivity index (χ0n) is 10.0. The van der Waals surface area contributed by atoms with Crippen LogP contribution in [0.5, 0.6) is 0 Å². The molecule has 0 amide bonds. The van der Waals surface area contributed by atoms with Gasteiger partial charge in [0.2, 0.25) is 0 Å². The Morgan fingerprint density at radius 1 is 1.25 bits per heavy atom. The Labute approximate surface area is 97.7 Å². The molecular formula is C11H20BFN3. The molecule has 0 aliphatic carbocycles. The van der Waals surface area contributed by atoms with Gasteiger partial charge < -0.3 is 0 Å². The molecular weight excluding hydrogens is 204 g/mol. The lowest BCUT2D eigenvalue weighted by Crippen LogP contribution is -1.98. The van der Waals surface area contributed by atoms with Crippen molar-refractivity contribution < 1.29 is 4.39 Å². The fourth-order valence-electron chi connectivity index (χ4n) is 1.65. The zero-order chi connectivity index (χ0) is 11.6. The molecule has 1 aromatic rings. The average Bonchev–Trinajstić information content (AvgIpc) is 2.72. The highest BCUT2D eigenvalue weighted by Gasteiger charge is 1.99. The van der Waals surface area contributed by atoms with E-state index in [9.17, 15) is 4.39 Å². The number of hydrogen-bond donors (Lipinski definition) is 0. The smallest absolute Gasteiger partial charge is 0.113 e. The van der Waals surface area contributed by atoms with Gasteiger partial charge in [0.05, 0.1) is 12.4 Å². The molecule has 5 heteroatoms. The van der Waals surface area contributed by atoms with Crippen molar-refractivity contribution in [1.29, 1.82) is 0 Å². The largest absolute Gasteiger partial charge is 0.252 e. The fraction of sp³-hybridized carbons (Fsp3) is 0.818. The quantitative estimate of drug-likeness (QED) is 0.476. The van der Waals surface area contributed by atoms with Crippen molar-refractivity contribution in [2.24, 2.45) is 0 Å². The molecule has 0 unspecified atom stereocenters. The third-order valence-electron chi connectivity index (χ3n) is 2.52. The Morgan fingerprint density at radius 3 is 2.75 bits per heavy atom. The summed E-state index contributed by atoms with van der Waals surface area (Å²) in [6, 6.07) is 0. The minimum atomic E-state index is -0.181. The molecule has 0 aromatic carbocycles. The van der Waals surface area contributed by atoms with Crippen LogP contribution in [0.1, 0.15) is 37.8 Å². The first kappa shape index (κ1) is 13.2. The van der Waals surface area contributed by atoms with E-state index in [2.05, 4.69) is 17.6 Å². The highest BCUT2D eigenvalue weighted by Crippen LogP contribution is 2.04. The number of rotatable bonds is 9. The number of aryl methyl sites for hydroxylation is 1. The van der Waals surface area contributed by atoms with Crippen molar-refractivity contribution in [1.82, 2.24) is 15.0 Å². The van der Waals surface area contributed by atoms with E-state index in [-0.39, 0.29) is 6.67 Å². The van der Waals surface area contributed by atoms with Gasteiger partial charge in [-0.05, 0) is 19.2 Å². The van der Waals surface area contributed by atoms with Gasteiger partial charge >= 0.3 is 0 Å². The van der Waals surface area contributed by atoms with Crippen LogP contribution < -0.4 is 0 Å². The SMILES string of the molecule is C[B]Cc1cn(CCCCCCCF)nn1. The van der Waals surface area contributed by atoms with Crippen LogP contribution in [0.25, 0.3) is 0 Å². The standard InChI is InChI=1S/C11H20BFN3/c1-12-9-11-10-16(15-14-11)8-6-4-2-3-5-7-13/h10H,2-9H2,1H3. The molecule has 1 radical (unpaired) electrons. The first-order valence-electron chi connectivity index (χ1n) is 6.09. The summed E-state index contributed by atoms with van der Waals surface area (Å²) in [6.45, 7) is 2.76. The van der Waals surface area contributed by atoms with E-state index < -0.39 is 0 Å². The molecule has 0 atom stereocenters. The second kappa shape index (κ2) is 8.31. The van der Waals surface area contributed by atoms with E-state index in [0.29, 0.717) is 6.42 Å². The van der Waals surface area contributed by atoms with Crippen LogP contribution in [-0.4, -0.2) is 28.9 Å². The van der Waals surface area contributed by atoms with Crippen LogP contribution in [0.15, 0.2) is 6.20 Å². The summed E-state index contributed by atoms with van der Waals surface area (Å²) in [4.78, 5) is 0. The Balaban J connectivity index is 2.07. The zero-order valence-corrected chi connectivity index (χ0v) is 10.0. The van der Waals surface area contributed by atoms with E-state index >= 15 is 0 Å². The highest BCUT2D eigenvalue weighted by molar-refractivity contribution is 6.32. The third kappa shape index (κ3) is 5.28. The van der Waals surface area contributed by atoms with E-state index in [1.807, 2.05) is 17.7 Å². The van der Waals surface area contributed by atoms with E-state index in [0.717, 1.165) is 44.2 Å². The topological polar surface area (TPSA) is 30.7 Å². The predicted octanol–water partition coefficient (Wildman–Crippen LogP) is 2.45. The maximum atomic E-state index is 11.8. The fourth-order valence-corrected chi connectivity index (χ4v) is 1.65. The maximum Gasteiger partial charge on any atom is 0.113 e. The summed E-state index contributed by atoms with van der Waals surface area (Å²) in [6.07, 6.45) is 7.97. The van der Waals surface area contributed by atoms with E-state index in [4.69, 9.17) is 0 Å². The van der Waals surface area contributed by atoms with Crippen molar-refractivity contribution in [3.63, 3.8) is 0 Å². The molecule has 16 heavy (non-hydrogen) atoms. The van der Waals surface area contributed by atoms with Crippen LogP contribution in [0, 0.1) is 0 Å². The highest BCUT2D eigenvalue weighted by atomic mass is 19.1. The van der Waals surface area contributed by atoms with Gasteiger partial charge in [0.1, 0.15) is 7.28 Å². The summed E-state index contributed by atoms with van der Waals surface area (Å²) < 4.78 is 13.7. The Morgan fingerprint density at radius 2 is 2.00 bits per heavy atom. The summed E-state index contributed by atoms with van der Waals surface area (Å²) in [5, 5.41) is 8.12. The lowest BCUT2D eigenvalue weighted by Gasteiger charge is -2.00. The van der Waals surface area contributed by atoms with Crippen molar-refractivity contribution in [3.8, 4) is 0 Å². The Kier molecular flexibility index (Phi) is 6.85. The second-order valence-corrected chi connectivity index (χ2v) is 4.04. The average molecular weight is 224 g/mol. The van der Waals surface area contributed by atoms with Gasteiger partial charge in [0.25, 0.3) is 0 Å². The number of nitrogens with zero attached hydrogens (tertiary/aromatic N) is 3. The summed E-state index contributed by atoms with van der Waals surface area (Å²) in [5.74, 6) is 0. The van der Waals surface area contributed by atoms with Gasteiger partial charge in [-0.2, -0.15) is 0 Å². The number of unbranched alkanes of at least 4 members (excludes halogenated alkanes) is 4. The van der Waals surface area contributed by atoms with Crippen LogP contribution in [0.4, 0.5) is 4.39 Å². The number of hydrogen-bond acceptors (Lipinski definition) is 2. The summed E-state index contributed by atoms with van der Waals surface area (Å²) >= 11 is 0. The van der Waals surface area contributed by atoms with E-state index in [1.165, 1.54) is 0 Å². The third-order valence-corrected chi connectivity index (χ3v) is 2.52. The summed E-state index contributed by atoms with van der Waals surface area (Å²) in [7, 11) is 2.07. The van der Waals surface area contributed by atoms with Crippen LogP contribution in [0.3, 0.4) is 0 Å². The molecule has 0 bridgehead atoms. The lowest BCUT2D eigenvalue weighted by molar-refractivity contribution is 0.445. The molecule has 0 saturated heterocycles. The molecule has 0 spiro atoms. The van der Waals surface area contributed by atoms with Crippen LogP contribution in [0.2, 0.25) is 6.82 Å². The van der Waals surface area contributed by atoms with Gasteiger partial charge in [-0.3, -0.25) is 9.07 Å². The van der Waals surface area contributed by atoms with Crippen molar-refractivity contribution in [2.45, 2.75) is 51.8 Å². The van der Waals surface area contributed by atoms with Crippen molar-refractivity contribution in [2.75, 3.05) is 6.67 Å². The molecule has 0 N–H and O–H groups in total. The minimum absolute atomic E-state index is 0.181. The first-order chi connectivity index (χ1) is 7.86. The molecule has 1 aromatic heterocycles. The number of halogens is 1. The Bertz CT molecular complexity index is 278. The summed E-state index contributed by atoms with van der Waals surface area (Å²) in [5.41, 5.74) is 1.03.